The van der Waals surface area contributed by atoms with E-state index in [1.807, 2.05) is 0 Å². The molecule has 5 N–H and O–H groups in total. The van der Waals surface area contributed by atoms with Crippen molar-refractivity contribution in [2.75, 3.05) is 11.1 Å². The van der Waals surface area contributed by atoms with Gasteiger partial charge in [-0.05, 0) is 42.9 Å². The van der Waals surface area contributed by atoms with Gasteiger partial charge in [-0.25, -0.2) is 13.6 Å². The number of rotatable bonds is 3. The third-order valence-corrected chi connectivity index (χ3v) is 4.83. The fourth-order valence-corrected chi connectivity index (χ4v) is 3.44. The third-order valence-electron chi connectivity index (χ3n) is 3.92. The Balaban J connectivity index is 2.14. The summed E-state index contributed by atoms with van der Waals surface area (Å²) < 4.78 is 22.5. The van der Waals surface area contributed by atoms with Crippen molar-refractivity contribution in [3.05, 3.63) is 18.2 Å². The van der Waals surface area contributed by atoms with Gasteiger partial charge >= 0.3 is 0 Å². The standard InChI is InChI=1S/C14H23N3O2S/c1-14(2)7-3-4-10(9-14)17-13-6-5-11(8-12(13)15)20(16,18)19/h5-6,8,10,17H,3-4,7,9,15H2,1-2H3,(H2,16,18,19). The molecule has 2 rings (SSSR count). The molecular formula is C14H23N3O2S. The zero-order valence-corrected chi connectivity index (χ0v) is 12.8. The Bertz CT molecular complexity index is 596. The van der Waals surface area contributed by atoms with Crippen LogP contribution in [-0.2, 0) is 10.0 Å². The fraction of sp³-hybridized carbons (Fsp3) is 0.571. The molecule has 6 heteroatoms. The summed E-state index contributed by atoms with van der Waals surface area (Å²) in [6.45, 7) is 4.54. The minimum atomic E-state index is -3.70. The molecule has 1 aliphatic carbocycles. The number of hydrogen-bond donors (Lipinski definition) is 3. The van der Waals surface area contributed by atoms with Crippen LogP contribution in [0.2, 0.25) is 0 Å². The van der Waals surface area contributed by atoms with Crippen LogP contribution in [0.4, 0.5) is 11.4 Å². The van der Waals surface area contributed by atoms with Gasteiger partial charge in [-0.1, -0.05) is 20.3 Å². The van der Waals surface area contributed by atoms with Crippen LogP contribution >= 0.6 is 0 Å². The Morgan fingerprint density at radius 2 is 2.05 bits per heavy atom. The Labute approximate surface area is 120 Å². The maximum Gasteiger partial charge on any atom is 0.238 e. The topological polar surface area (TPSA) is 98.2 Å². The predicted octanol–water partition coefficient (Wildman–Crippen LogP) is 2.30. The quantitative estimate of drug-likeness (QED) is 0.745. The smallest absolute Gasteiger partial charge is 0.238 e. The summed E-state index contributed by atoms with van der Waals surface area (Å²) in [7, 11) is -3.70. The second-order valence-corrected chi connectivity index (χ2v) is 7.96. The molecular weight excluding hydrogens is 274 g/mol. The molecule has 1 unspecified atom stereocenters. The van der Waals surface area contributed by atoms with Crippen molar-refractivity contribution in [3.63, 3.8) is 0 Å². The molecule has 0 radical (unpaired) electrons. The lowest BCUT2D eigenvalue weighted by molar-refractivity contribution is 0.229. The maximum atomic E-state index is 11.3. The molecule has 0 bridgehead atoms. The zero-order valence-electron chi connectivity index (χ0n) is 12.0. The van der Waals surface area contributed by atoms with E-state index in [0.717, 1.165) is 18.5 Å². The molecule has 1 atom stereocenters. The van der Waals surface area contributed by atoms with E-state index < -0.39 is 10.0 Å². The molecule has 1 aliphatic rings. The summed E-state index contributed by atoms with van der Waals surface area (Å²) in [4.78, 5) is 0.0459. The van der Waals surface area contributed by atoms with E-state index in [4.69, 9.17) is 10.9 Å². The van der Waals surface area contributed by atoms with Gasteiger partial charge in [-0.3, -0.25) is 0 Å². The minimum Gasteiger partial charge on any atom is -0.397 e. The van der Waals surface area contributed by atoms with Crippen LogP contribution in [0.5, 0.6) is 0 Å². The van der Waals surface area contributed by atoms with Gasteiger partial charge in [0.25, 0.3) is 0 Å². The van der Waals surface area contributed by atoms with Gasteiger partial charge in [0.1, 0.15) is 0 Å². The summed E-state index contributed by atoms with van der Waals surface area (Å²) in [5.41, 5.74) is 7.45. The van der Waals surface area contributed by atoms with E-state index in [1.54, 1.807) is 6.07 Å². The van der Waals surface area contributed by atoms with Gasteiger partial charge in [0.15, 0.2) is 0 Å². The highest BCUT2D eigenvalue weighted by Gasteiger charge is 2.28. The molecule has 0 heterocycles. The van der Waals surface area contributed by atoms with Crippen LogP contribution in [0.1, 0.15) is 39.5 Å². The molecule has 5 nitrogen and oxygen atoms in total. The van der Waals surface area contributed by atoms with E-state index in [1.165, 1.54) is 25.0 Å². The highest BCUT2D eigenvalue weighted by atomic mass is 32.2. The monoisotopic (exact) mass is 297 g/mol. The Morgan fingerprint density at radius 3 is 2.60 bits per heavy atom. The van der Waals surface area contributed by atoms with Gasteiger partial charge < -0.3 is 11.1 Å². The third kappa shape index (κ3) is 3.64. The predicted molar refractivity (Wildman–Crippen MR) is 81.9 cm³/mol. The van der Waals surface area contributed by atoms with E-state index in [9.17, 15) is 8.42 Å². The summed E-state index contributed by atoms with van der Waals surface area (Å²) in [5, 5.41) is 8.51. The van der Waals surface area contributed by atoms with Crippen molar-refractivity contribution < 1.29 is 8.42 Å². The molecule has 0 spiro atoms. The second-order valence-electron chi connectivity index (χ2n) is 6.40. The van der Waals surface area contributed by atoms with Crippen molar-refractivity contribution in [2.24, 2.45) is 10.6 Å². The molecule has 112 valence electrons. The van der Waals surface area contributed by atoms with Crippen molar-refractivity contribution >= 4 is 21.4 Å². The molecule has 20 heavy (non-hydrogen) atoms. The van der Waals surface area contributed by atoms with Crippen LogP contribution in [0.25, 0.3) is 0 Å². The van der Waals surface area contributed by atoms with Gasteiger partial charge in [0.05, 0.1) is 16.3 Å². The van der Waals surface area contributed by atoms with E-state index >= 15 is 0 Å². The Morgan fingerprint density at radius 1 is 1.35 bits per heavy atom. The average Bonchev–Trinajstić information content (AvgIpc) is 2.29. The van der Waals surface area contributed by atoms with Gasteiger partial charge in [0.2, 0.25) is 10.0 Å². The number of primary sulfonamides is 1. The minimum absolute atomic E-state index is 0.0459. The molecule has 1 aromatic carbocycles. The lowest BCUT2D eigenvalue weighted by Gasteiger charge is -2.36. The number of nitrogen functional groups attached to an aromatic ring is 1. The van der Waals surface area contributed by atoms with Crippen molar-refractivity contribution in [1.82, 2.24) is 0 Å². The molecule has 0 amide bonds. The first kappa shape index (κ1) is 15.1. The van der Waals surface area contributed by atoms with Crippen LogP contribution < -0.4 is 16.2 Å². The van der Waals surface area contributed by atoms with Crippen molar-refractivity contribution in [3.8, 4) is 0 Å². The number of sulfonamides is 1. The van der Waals surface area contributed by atoms with Crippen molar-refractivity contribution in [1.29, 1.82) is 0 Å². The van der Waals surface area contributed by atoms with E-state index in [0.29, 0.717) is 17.1 Å². The first-order valence-corrected chi connectivity index (χ1v) is 8.41. The molecule has 0 aliphatic heterocycles. The Hall–Kier alpha value is -1.27. The number of nitrogens with two attached hydrogens (primary N) is 2. The number of anilines is 2. The number of nitrogens with one attached hydrogen (secondary N) is 1. The summed E-state index contributed by atoms with van der Waals surface area (Å²) >= 11 is 0. The van der Waals surface area contributed by atoms with E-state index in [-0.39, 0.29) is 4.90 Å². The number of benzene rings is 1. The molecule has 0 saturated heterocycles. The first-order valence-electron chi connectivity index (χ1n) is 6.86. The van der Waals surface area contributed by atoms with Crippen LogP contribution in [0.3, 0.4) is 0 Å². The normalized spacial score (nSPS) is 22.4. The molecule has 0 aromatic heterocycles. The summed E-state index contributed by atoms with van der Waals surface area (Å²) in [5.74, 6) is 0. The SMILES string of the molecule is CC1(C)CCCC(Nc2ccc(S(N)(=O)=O)cc2N)C1. The van der Waals surface area contributed by atoms with Gasteiger partial charge in [0, 0.05) is 6.04 Å². The van der Waals surface area contributed by atoms with Crippen molar-refractivity contribution in [2.45, 2.75) is 50.5 Å². The van der Waals surface area contributed by atoms with Gasteiger partial charge in [-0.15, -0.1) is 0 Å². The molecule has 1 saturated carbocycles. The summed E-state index contributed by atoms with van der Waals surface area (Å²) in [6.07, 6.45) is 4.63. The lowest BCUT2D eigenvalue weighted by atomic mass is 9.75. The fourth-order valence-electron chi connectivity index (χ4n) is 2.89. The van der Waals surface area contributed by atoms with Crippen LogP contribution in [-0.4, -0.2) is 14.5 Å². The summed E-state index contributed by atoms with van der Waals surface area (Å²) in [6, 6.07) is 4.96. The van der Waals surface area contributed by atoms with E-state index in [2.05, 4.69) is 19.2 Å². The zero-order chi connectivity index (χ0) is 15.0. The maximum absolute atomic E-state index is 11.3. The van der Waals surface area contributed by atoms with Gasteiger partial charge in [-0.2, -0.15) is 0 Å². The lowest BCUT2D eigenvalue weighted by Crippen LogP contribution is -2.32. The van der Waals surface area contributed by atoms with Crippen LogP contribution in [0, 0.1) is 5.41 Å². The molecule has 1 fully saturated rings. The Kier molecular flexibility index (Phi) is 3.97. The largest absolute Gasteiger partial charge is 0.397 e. The highest BCUT2D eigenvalue weighted by molar-refractivity contribution is 7.89. The highest BCUT2D eigenvalue weighted by Crippen LogP contribution is 2.37. The average molecular weight is 297 g/mol. The first-order chi connectivity index (χ1) is 9.17. The second kappa shape index (κ2) is 5.26. The van der Waals surface area contributed by atoms with Crippen LogP contribution in [0.15, 0.2) is 23.1 Å². The molecule has 1 aromatic rings. The number of hydrogen-bond acceptors (Lipinski definition) is 4.